The van der Waals surface area contributed by atoms with Gasteiger partial charge in [0.2, 0.25) is 0 Å². The van der Waals surface area contributed by atoms with Crippen molar-refractivity contribution >= 4 is 34.7 Å². The smallest absolute Gasteiger partial charge is 0.338 e. The number of rotatable bonds is 6. The Morgan fingerprint density at radius 2 is 1.31 bits per heavy atom. The van der Waals surface area contributed by atoms with Crippen LogP contribution in [-0.4, -0.2) is 33.2 Å². The summed E-state index contributed by atoms with van der Waals surface area (Å²) in [5.41, 5.74) is 3.38. The van der Waals surface area contributed by atoms with Crippen LogP contribution in [0.1, 0.15) is 20.7 Å². The lowest BCUT2D eigenvalue weighted by molar-refractivity contribution is 0.0555. The minimum atomic E-state index is -0.615. The predicted molar refractivity (Wildman–Crippen MR) is 113 cm³/mol. The van der Waals surface area contributed by atoms with E-state index in [9.17, 15) is 9.59 Å². The second-order valence-corrected chi connectivity index (χ2v) is 6.28. The topological polar surface area (TPSA) is 67.9 Å². The molecule has 0 unspecified atom stereocenters. The molecule has 0 radical (unpaired) electrons. The van der Waals surface area contributed by atoms with Crippen LogP contribution in [0, 0.1) is 0 Å². The largest absolute Gasteiger partial charge is 0.465 e. The Kier molecular flexibility index (Phi) is 6.14. The molecular weight excluding hydrogens is 368 g/mol. The zero-order valence-corrected chi connectivity index (χ0v) is 16.5. The van der Waals surface area contributed by atoms with Crippen LogP contribution in [0.3, 0.4) is 0 Å². The Balaban J connectivity index is 2.19. The van der Waals surface area contributed by atoms with Gasteiger partial charge in [-0.05, 0) is 36.4 Å². The number of ether oxygens (including phenoxy) is 2. The molecule has 0 aliphatic rings. The number of esters is 2. The highest BCUT2D eigenvalue weighted by molar-refractivity contribution is 6.06. The maximum absolute atomic E-state index is 12.4. The number of hydrogen-bond acceptors (Lipinski definition) is 6. The first kappa shape index (κ1) is 19.9. The van der Waals surface area contributed by atoms with E-state index >= 15 is 0 Å². The number of carbonyl (C=O) groups is 2. The van der Waals surface area contributed by atoms with E-state index in [0.29, 0.717) is 11.4 Å². The fraction of sp³-hybridized carbons (Fsp3) is 0.130. The van der Waals surface area contributed by atoms with E-state index in [1.54, 1.807) is 12.1 Å². The fourth-order valence-corrected chi connectivity index (χ4v) is 2.99. The maximum atomic E-state index is 12.4. The number of para-hydroxylation sites is 2. The van der Waals surface area contributed by atoms with Crippen LogP contribution in [0.4, 0.5) is 22.7 Å². The van der Waals surface area contributed by atoms with Gasteiger partial charge < -0.3 is 19.7 Å². The van der Waals surface area contributed by atoms with E-state index in [-0.39, 0.29) is 11.1 Å². The molecule has 0 aliphatic carbocycles. The fourth-order valence-electron chi connectivity index (χ4n) is 2.99. The molecular formula is C23H22N2O4. The molecule has 148 valence electrons. The highest BCUT2D eigenvalue weighted by atomic mass is 16.5. The molecule has 29 heavy (non-hydrogen) atoms. The summed E-state index contributed by atoms with van der Waals surface area (Å²) in [5, 5.41) is 3.33. The van der Waals surface area contributed by atoms with Crippen molar-refractivity contribution in [2.24, 2.45) is 0 Å². The van der Waals surface area contributed by atoms with Crippen molar-refractivity contribution < 1.29 is 19.1 Å². The molecule has 0 heterocycles. The third kappa shape index (κ3) is 4.38. The Bertz CT molecular complexity index is 1000. The minimum Gasteiger partial charge on any atom is -0.465 e. The highest BCUT2D eigenvalue weighted by Crippen LogP contribution is 2.36. The number of nitrogens with one attached hydrogen (secondary N) is 1. The van der Waals surface area contributed by atoms with E-state index in [1.165, 1.54) is 14.2 Å². The number of benzene rings is 3. The monoisotopic (exact) mass is 390 g/mol. The number of anilines is 4. The lowest BCUT2D eigenvalue weighted by Gasteiger charge is -2.25. The summed E-state index contributed by atoms with van der Waals surface area (Å²) in [5.74, 6) is -1.23. The lowest BCUT2D eigenvalue weighted by Crippen LogP contribution is -2.17. The molecule has 1 N–H and O–H groups in total. The van der Waals surface area contributed by atoms with Gasteiger partial charge in [0.1, 0.15) is 0 Å². The Morgan fingerprint density at radius 1 is 0.793 bits per heavy atom. The van der Waals surface area contributed by atoms with E-state index in [4.69, 9.17) is 9.47 Å². The van der Waals surface area contributed by atoms with Gasteiger partial charge in [-0.3, -0.25) is 0 Å². The minimum absolute atomic E-state index is 0.128. The molecule has 0 atom stereocenters. The number of carbonyl (C=O) groups excluding carboxylic acids is 2. The molecule has 3 rings (SSSR count). The standard InChI is InChI=1S/C23H22N2O4/c1-25(17-12-8-5-9-13-17)21-15-19(23(27)29-3)18(22(26)28-2)14-20(21)24-16-10-6-4-7-11-16/h4-15,24H,1-3H3. The second-order valence-electron chi connectivity index (χ2n) is 6.28. The quantitative estimate of drug-likeness (QED) is 0.612. The Morgan fingerprint density at radius 3 is 1.86 bits per heavy atom. The van der Waals surface area contributed by atoms with E-state index in [2.05, 4.69) is 5.32 Å². The molecule has 0 amide bonds. The normalized spacial score (nSPS) is 10.2. The molecule has 6 nitrogen and oxygen atoms in total. The van der Waals surface area contributed by atoms with Gasteiger partial charge in [0.05, 0.1) is 36.7 Å². The number of nitrogens with zero attached hydrogens (tertiary/aromatic N) is 1. The van der Waals surface area contributed by atoms with Crippen LogP contribution in [-0.2, 0) is 9.47 Å². The van der Waals surface area contributed by atoms with Gasteiger partial charge in [-0.1, -0.05) is 36.4 Å². The molecule has 6 heteroatoms. The summed E-state index contributed by atoms with van der Waals surface area (Å²) in [6, 6.07) is 22.5. The van der Waals surface area contributed by atoms with E-state index in [0.717, 1.165) is 11.4 Å². The van der Waals surface area contributed by atoms with Gasteiger partial charge >= 0.3 is 11.9 Å². The van der Waals surface area contributed by atoms with Gasteiger partial charge in [0, 0.05) is 18.4 Å². The van der Waals surface area contributed by atoms with Gasteiger partial charge in [0.25, 0.3) is 0 Å². The molecule has 0 saturated heterocycles. The van der Waals surface area contributed by atoms with Crippen LogP contribution >= 0.6 is 0 Å². The van der Waals surface area contributed by atoms with Crippen LogP contribution in [0.5, 0.6) is 0 Å². The Hall–Kier alpha value is -3.80. The first-order valence-electron chi connectivity index (χ1n) is 9.00. The number of hydrogen-bond donors (Lipinski definition) is 1. The first-order valence-corrected chi connectivity index (χ1v) is 9.00. The number of methoxy groups -OCH3 is 2. The molecule has 0 spiro atoms. The van der Waals surface area contributed by atoms with Crippen molar-refractivity contribution in [1.82, 2.24) is 0 Å². The zero-order chi connectivity index (χ0) is 20.8. The zero-order valence-electron chi connectivity index (χ0n) is 16.5. The van der Waals surface area contributed by atoms with Gasteiger partial charge in [0.15, 0.2) is 0 Å². The van der Waals surface area contributed by atoms with Crippen LogP contribution < -0.4 is 10.2 Å². The lowest BCUT2D eigenvalue weighted by atomic mass is 10.0. The van der Waals surface area contributed by atoms with Crippen LogP contribution in [0.2, 0.25) is 0 Å². The van der Waals surface area contributed by atoms with Gasteiger partial charge in [-0.15, -0.1) is 0 Å². The summed E-state index contributed by atoms with van der Waals surface area (Å²) >= 11 is 0. The summed E-state index contributed by atoms with van der Waals surface area (Å²) in [6.07, 6.45) is 0. The van der Waals surface area contributed by atoms with E-state index < -0.39 is 11.9 Å². The van der Waals surface area contributed by atoms with Crippen LogP contribution in [0.25, 0.3) is 0 Å². The molecule has 3 aromatic carbocycles. The third-order valence-corrected chi connectivity index (χ3v) is 4.50. The van der Waals surface area contributed by atoms with Crippen molar-refractivity contribution in [3.63, 3.8) is 0 Å². The summed E-state index contributed by atoms with van der Waals surface area (Å²) < 4.78 is 9.76. The average Bonchev–Trinajstić information content (AvgIpc) is 2.78. The summed E-state index contributed by atoms with van der Waals surface area (Å²) in [4.78, 5) is 26.6. The molecule has 0 bridgehead atoms. The van der Waals surface area contributed by atoms with Crippen molar-refractivity contribution in [3.05, 3.63) is 83.9 Å². The van der Waals surface area contributed by atoms with Gasteiger partial charge in [-0.25, -0.2) is 9.59 Å². The predicted octanol–water partition coefficient (Wildman–Crippen LogP) is 4.77. The van der Waals surface area contributed by atoms with Gasteiger partial charge in [-0.2, -0.15) is 0 Å². The Labute approximate surface area is 169 Å². The summed E-state index contributed by atoms with van der Waals surface area (Å²) in [7, 11) is 4.44. The molecule has 0 saturated carbocycles. The maximum Gasteiger partial charge on any atom is 0.338 e. The SMILES string of the molecule is COC(=O)c1cc(Nc2ccccc2)c(N(C)c2ccccc2)cc1C(=O)OC. The molecule has 0 aromatic heterocycles. The van der Waals surface area contributed by atoms with Crippen molar-refractivity contribution in [2.45, 2.75) is 0 Å². The highest BCUT2D eigenvalue weighted by Gasteiger charge is 2.23. The first-order chi connectivity index (χ1) is 14.0. The molecule has 3 aromatic rings. The van der Waals surface area contributed by atoms with Crippen molar-refractivity contribution in [3.8, 4) is 0 Å². The van der Waals surface area contributed by atoms with E-state index in [1.807, 2.05) is 72.6 Å². The third-order valence-electron chi connectivity index (χ3n) is 4.50. The molecule has 0 fully saturated rings. The summed E-state index contributed by atoms with van der Waals surface area (Å²) in [6.45, 7) is 0. The average molecular weight is 390 g/mol. The van der Waals surface area contributed by atoms with Crippen molar-refractivity contribution in [1.29, 1.82) is 0 Å². The molecule has 0 aliphatic heterocycles. The van der Waals surface area contributed by atoms with Crippen molar-refractivity contribution in [2.75, 3.05) is 31.5 Å². The second kappa shape index (κ2) is 8.93. The van der Waals surface area contributed by atoms with Crippen LogP contribution in [0.15, 0.2) is 72.8 Å².